The van der Waals surface area contributed by atoms with E-state index in [4.69, 9.17) is 0 Å². The van der Waals surface area contributed by atoms with Crippen molar-refractivity contribution in [2.75, 3.05) is 0 Å². The molecule has 0 spiro atoms. The van der Waals surface area contributed by atoms with Gasteiger partial charge in [0.1, 0.15) is 5.82 Å². The minimum atomic E-state index is -0.245. The summed E-state index contributed by atoms with van der Waals surface area (Å²) in [5.74, 6) is -0.245. The highest BCUT2D eigenvalue weighted by Crippen LogP contribution is 2.06. The number of rotatable bonds is 1. The molecule has 0 N–H and O–H groups in total. The van der Waals surface area contributed by atoms with E-state index in [9.17, 15) is 4.39 Å². The average Bonchev–Trinajstić information content (AvgIpc) is 2.58. The zero-order valence-electron chi connectivity index (χ0n) is 6.24. The molecule has 0 fully saturated rings. The van der Waals surface area contributed by atoms with E-state index in [0.717, 1.165) is 5.69 Å². The molecular formula is C9H6FN2. The molecule has 3 heteroatoms. The van der Waals surface area contributed by atoms with Gasteiger partial charge in [-0.1, -0.05) is 0 Å². The largest absolute Gasteiger partial charge is 0.232 e. The number of aromatic nitrogens is 2. The normalized spacial score (nSPS) is 10.1. The number of nitrogens with zero attached hydrogens (tertiary/aromatic N) is 2. The zero-order chi connectivity index (χ0) is 8.39. The first-order valence-electron chi connectivity index (χ1n) is 3.54. The first kappa shape index (κ1) is 7.03. The van der Waals surface area contributed by atoms with Gasteiger partial charge in [-0.05, 0) is 30.3 Å². The minimum Gasteiger partial charge on any atom is -0.232 e. The Kier molecular flexibility index (Phi) is 1.63. The monoisotopic (exact) mass is 161 g/mol. The zero-order valence-corrected chi connectivity index (χ0v) is 6.24. The SMILES string of the molecule is Fc1ccc(-n2[c]ccn2)cc1. The van der Waals surface area contributed by atoms with E-state index in [1.165, 1.54) is 12.1 Å². The molecule has 0 bridgehead atoms. The molecule has 0 saturated carbocycles. The third-order valence-electron chi connectivity index (χ3n) is 1.52. The molecule has 0 unspecified atom stereocenters. The Morgan fingerprint density at radius 2 is 2.00 bits per heavy atom. The van der Waals surface area contributed by atoms with Crippen molar-refractivity contribution in [3.8, 4) is 5.69 Å². The molecule has 12 heavy (non-hydrogen) atoms. The predicted octanol–water partition coefficient (Wildman–Crippen LogP) is 1.81. The lowest BCUT2D eigenvalue weighted by Crippen LogP contribution is -1.93. The van der Waals surface area contributed by atoms with Crippen LogP contribution in [0, 0.1) is 12.0 Å². The molecule has 2 nitrogen and oxygen atoms in total. The fraction of sp³-hybridized carbons (Fsp3) is 0. The van der Waals surface area contributed by atoms with Crippen LogP contribution in [0.25, 0.3) is 5.69 Å². The van der Waals surface area contributed by atoms with Crippen molar-refractivity contribution in [1.82, 2.24) is 9.78 Å². The molecule has 0 amide bonds. The van der Waals surface area contributed by atoms with Gasteiger partial charge in [-0.25, -0.2) is 9.07 Å². The molecule has 0 aliphatic rings. The Morgan fingerprint density at radius 3 is 2.58 bits per heavy atom. The lowest BCUT2D eigenvalue weighted by molar-refractivity contribution is 0.627. The summed E-state index contributed by atoms with van der Waals surface area (Å²) in [4.78, 5) is 0. The molecular weight excluding hydrogens is 155 g/mol. The second-order valence-corrected chi connectivity index (χ2v) is 2.35. The van der Waals surface area contributed by atoms with Gasteiger partial charge in [0, 0.05) is 0 Å². The van der Waals surface area contributed by atoms with Gasteiger partial charge in [-0.15, -0.1) is 0 Å². The highest BCUT2D eigenvalue weighted by atomic mass is 19.1. The standard InChI is InChI=1S/C9H6FN2/c10-8-2-4-9(5-3-8)12-7-1-6-11-12/h1-6H. The molecule has 2 aromatic rings. The van der Waals surface area contributed by atoms with E-state index >= 15 is 0 Å². The lowest BCUT2D eigenvalue weighted by Gasteiger charge is -1.98. The van der Waals surface area contributed by atoms with Gasteiger partial charge in [0.25, 0.3) is 0 Å². The Balaban J connectivity index is 2.43. The van der Waals surface area contributed by atoms with Gasteiger partial charge in [0.05, 0.1) is 18.1 Å². The van der Waals surface area contributed by atoms with Crippen molar-refractivity contribution < 1.29 is 4.39 Å². The van der Waals surface area contributed by atoms with E-state index in [2.05, 4.69) is 11.3 Å². The van der Waals surface area contributed by atoms with Crippen LogP contribution in [0.3, 0.4) is 0 Å². The number of hydrogen-bond acceptors (Lipinski definition) is 1. The molecule has 59 valence electrons. The highest BCUT2D eigenvalue weighted by Gasteiger charge is 1.95. The van der Waals surface area contributed by atoms with Crippen molar-refractivity contribution in [2.24, 2.45) is 0 Å². The van der Waals surface area contributed by atoms with Gasteiger partial charge >= 0.3 is 0 Å². The van der Waals surface area contributed by atoms with Crippen LogP contribution in [0.2, 0.25) is 0 Å². The number of hydrogen-bond donors (Lipinski definition) is 0. The molecule has 0 saturated heterocycles. The van der Waals surface area contributed by atoms with Crippen molar-refractivity contribution in [3.05, 3.63) is 48.5 Å². The fourth-order valence-corrected chi connectivity index (χ4v) is 0.961. The summed E-state index contributed by atoms with van der Waals surface area (Å²) in [6.45, 7) is 0. The van der Waals surface area contributed by atoms with Crippen molar-refractivity contribution in [2.45, 2.75) is 0 Å². The number of benzene rings is 1. The molecule has 1 radical (unpaired) electrons. The van der Waals surface area contributed by atoms with Crippen LogP contribution in [0.4, 0.5) is 4.39 Å². The van der Waals surface area contributed by atoms with Crippen LogP contribution >= 0.6 is 0 Å². The second-order valence-electron chi connectivity index (χ2n) is 2.35. The summed E-state index contributed by atoms with van der Waals surface area (Å²) in [6, 6.07) is 7.79. The molecule has 0 atom stereocenters. The van der Waals surface area contributed by atoms with E-state index in [-0.39, 0.29) is 5.82 Å². The predicted molar refractivity (Wildman–Crippen MR) is 42.4 cm³/mol. The van der Waals surface area contributed by atoms with Crippen LogP contribution in [-0.2, 0) is 0 Å². The topological polar surface area (TPSA) is 17.8 Å². The first-order valence-corrected chi connectivity index (χ1v) is 3.54. The quantitative estimate of drug-likeness (QED) is 0.623. The summed E-state index contributed by atoms with van der Waals surface area (Å²) >= 11 is 0. The van der Waals surface area contributed by atoms with Gasteiger partial charge in [0.15, 0.2) is 0 Å². The van der Waals surface area contributed by atoms with Gasteiger partial charge in [-0.2, -0.15) is 5.10 Å². The highest BCUT2D eigenvalue weighted by molar-refractivity contribution is 5.30. The Bertz CT molecular complexity index is 351. The van der Waals surface area contributed by atoms with Crippen LogP contribution in [0.5, 0.6) is 0 Å². The molecule has 1 aromatic carbocycles. The lowest BCUT2D eigenvalue weighted by atomic mass is 10.3. The van der Waals surface area contributed by atoms with Gasteiger partial charge in [0.2, 0.25) is 0 Å². The van der Waals surface area contributed by atoms with Crippen LogP contribution < -0.4 is 0 Å². The fourth-order valence-electron chi connectivity index (χ4n) is 0.961. The van der Waals surface area contributed by atoms with Crippen molar-refractivity contribution in [3.63, 3.8) is 0 Å². The Hall–Kier alpha value is -1.64. The molecule has 2 rings (SSSR count). The summed E-state index contributed by atoms with van der Waals surface area (Å²) in [5, 5.41) is 3.95. The third kappa shape index (κ3) is 1.21. The summed E-state index contributed by atoms with van der Waals surface area (Å²) in [6.07, 6.45) is 4.48. The molecule has 1 aromatic heterocycles. The van der Waals surface area contributed by atoms with Crippen LogP contribution in [-0.4, -0.2) is 9.78 Å². The Morgan fingerprint density at radius 1 is 1.25 bits per heavy atom. The maximum atomic E-state index is 12.5. The average molecular weight is 161 g/mol. The van der Waals surface area contributed by atoms with E-state index in [1.54, 1.807) is 29.1 Å². The number of halogens is 1. The van der Waals surface area contributed by atoms with Crippen molar-refractivity contribution >= 4 is 0 Å². The van der Waals surface area contributed by atoms with Crippen molar-refractivity contribution in [1.29, 1.82) is 0 Å². The maximum absolute atomic E-state index is 12.5. The van der Waals surface area contributed by atoms with Crippen LogP contribution in [0.1, 0.15) is 0 Å². The van der Waals surface area contributed by atoms with E-state index < -0.39 is 0 Å². The third-order valence-corrected chi connectivity index (χ3v) is 1.52. The summed E-state index contributed by atoms with van der Waals surface area (Å²) in [5.41, 5.74) is 0.807. The second kappa shape index (κ2) is 2.77. The molecule has 0 aliphatic carbocycles. The van der Waals surface area contributed by atoms with Gasteiger partial charge < -0.3 is 0 Å². The smallest absolute Gasteiger partial charge is 0.123 e. The molecule has 1 heterocycles. The summed E-state index contributed by atoms with van der Waals surface area (Å²) in [7, 11) is 0. The Labute approximate surface area is 69.3 Å². The minimum absolute atomic E-state index is 0.245. The van der Waals surface area contributed by atoms with E-state index in [1.807, 2.05) is 0 Å². The van der Waals surface area contributed by atoms with E-state index in [0.29, 0.717) is 0 Å². The summed E-state index contributed by atoms with van der Waals surface area (Å²) < 4.78 is 14.0. The molecule has 0 aliphatic heterocycles. The van der Waals surface area contributed by atoms with Gasteiger partial charge in [-0.3, -0.25) is 0 Å². The maximum Gasteiger partial charge on any atom is 0.123 e. The van der Waals surface area contributed by atoms with Crippen LogP contribution in [0.15, 0.2) is 36.5 Å². The first-order chi connectivity index (χ1) is 5.86.